The second-order valence-electron chi connectivity index (χ2n) is 7.32. The van der Waals surface area contributed by atoms with Gasteiger partial charge >= 0.3 is 0 Å². The average Bonchev–Trinajstić information content (AvgIpc) is 3.33. The molecule has 27 heavy (non-hydrogen) atoms. The van der Waals surface area contributed by atoms with E-state index in [0.29, 0.717) is 25.3 Å². The smallest absolute Gasteiger partial charge is 0.246 e. The Labute approximate surface area is 160 Å². The Hall–Kier alpha value is -1.74. The fraction of sp³-hybridized carbons (Fsp3) is 0.526. The number of aliphatic hydroxyl groups is 1. The highest BCUT2D eigenvalue weighted by Crippen LogP contribution is 2.24. The van der Waals surface area contributed by atoms with Gasteiger partial charge in [-0.25, -0.2) is 8.42 Å². The topological polar surface area (TPSA) is 84.7 Å². The van der Waals surface area contributed by atoms with Crippen molar-refractivity contribution in [3.8, 4) is 0 Å². The maximum absolute atomic E-state index is 13.2. The molecular weight excluding hydrogens is 366 g/mol. The Morgan fingerprint density at radius 2 is 2.04 bits per heavy atom. The molecule has 148 valence electrons. The lowest BCUT2D eigenvalue weighted by Gasteiger charge is -2.26. The largest absolute Gasteiger partial charge is 0.387 e. The molecule has 7 nitrogen and oxygen atoms in total. The summed E-state index contributed by atoms with van der Waals surface area (Å²) in [6, 6.07) is 9.18. The lowest BCUT2D eigenvalue weighted by Crippen LogP contribution is -2.37. The van der Waals surface area contributed by atoms with Crippen LogP contribution in [0.4, 0.5) is 0 Å². The van der Waals surface area contributed by atoms with Crippen LogP contribution in [0.3, 0.4) is 0 Å². The minimum atomic E-state index is -3.76. The van der Waals surface area contributed by atoms with Crippen LogP contribution in [0.5, 0.6) is 0 Å². The van der Waals surface area contributed by atoms with Crippen LogP contribution in [0.2, 0.25) is 0 Å². The number of hydrogen-bond donors (Lipinski definition) is 1. The SMILES string of the molecule is CC(C)CN(C[C@@H](O)c1ccccc1)S(=O)(=O)c1cnn([C@@H]2CCOC2)c1. The lowest BCUT2D eigenvalue weighted by atomic mass is 10.1. The number of aliphatic hydroxyl groups excluding tert-OH is 1. The second kappa shape index (κ2) is 8.52. The van der Waals surface area contributed by atoms with Gasteiger partial charge in [-0.05, 0) is 17.9 Å². The van der Waals surface area contributed by atoms with E-state index in [0.717, 1.165) is 6.42 Å². The van der Waals surface area contributed by atoms with Crippen LogP contribution >= 0.6 is 0 Å². The van der Waals surface area contributed by atoms with E-state index in [-0.39, 0.29) is 23.4 Å². The molecule has 8 heteroatoms. The van der Waals surface area contributed by atoms with Crippen molar-refractivity contribution in [1.82, 2.24) is 14.1 Å². The minimum absolute atomic E-state index is 0.00223. The standard InChI is InChI=1S/C19H27N3O4S/c1-15(2)11-21(13-19(23)16-6-4-3-5-7-16)27(24,25)18-10-20-22(12-18)17-8-9-26-14-17/h3-7,10,12,15,17,19,23H,8-9,11,13-14H2,1-2H3/t17-,19-/m1/s1. The summed E-state index contributed by atoms with van der Waals surface area (Å²) < 4.78 is 34.8. The van der Waals surface area contributed by atoms with Crippen molar-refractivity contribution in [3.63, 3.8) is 0 Å². The number of sulfonamides is 1. The third kappa shape index (κ3) is 4.76. The van der Waals surface area contributed by atoms with Crippen LogP contribution in [0.1, 0.15) is 38.0 Å². The molecule has 2 atom stereocenters. The first-order chi connectivity index (χ1) is 12.9. The Kier molecular flexibility index (Phi) is 6.31. The summed E-state index contributed by atoms with van der Waals surface area (Å²) in [7, 11) is -3.76. The molecule has 0 bridgehead atoms. The van der Waals surface area contributed by atoms with Gasteiger partial charge in [0.15, 0.2) is 0 Å². The Balaban J connectivity index is 1.82. The quantitative estimate of drug-likeness (QED) is 0.743. The molecule has 0 aliphatic carbocycles. The van der Waals surface area contributed by atoms with E-state index < -0.39 is 16.1 Å². The molecule has 1 aliphatic rings. The fourth-order valence-corrected chi connectivity index (χ4v) is 4.74. The van der Waals surface area contributed by atoms with Crippen LogP contribution in [0.15, 0.2) is 47.6 Å². The number of hydrogen-bond acceptors (Lipinski definition) is 5. The normalized spacial score (nSPS) is 19.1. The van der Waals surface area contributed by atoms with Gasteiger partial charge in [-0.15, -0.1) is 0 Å². The molecule has 1 aromatic carbocycles. The van der Waals surface area contributed by atoms with Crippen LogP contribution in [-0.2, 0) is 14.8 Å². The minimum Gasteiger partial charge on any atom is -0.387 e. The average molecular weight is 394 g/mol. The number of nitrogens with zero attached hydrogens (tertiary/aromatic N) is 3. The van der Waals surface area contributed by atoms with Crippen molar-refractivity contribution in [2.75, 3.05) is 26.3 Å². The Morgan fingerprint density at radius 3 is 2.67 bits per heavy atom. The van der Waals surface area contributed by atoms with Crippen molar-refractivity contribution in [2.24, 2.45) is 5.92 Å². The van der Waals surface area contributed by atoms with Gasteiger partial charge in [0.05, 0.1) is 24.9 Å². The highest BCUT2D eigenvalue weighted by Gasteiger charge is 2.30. The van der Waals surface area contributed by atoms with Crippen molar-refractivity contribution in [1.29, 1.82) is 0 Å². The van der Waals surface area contributed by atoms with Gasteiger partial charge in [0.1, 0.15) is 4.90 Å². The molecule has 1 fully saturated rings. The molecule has 3 rings (SSSR count). The van der Waals surface area contributed by atoms with E-state index in [2.05, 4.69) is 5.10 Å². The first-order valence-corrected chi connectivity index (χ1v) is 10.7. The molecule has 0 spiro atoms. The van der Waals surface area contributed by atoms with Gasteiger partial charge in [0, 0.05) is 25.9 Å². The molecule has 0 unspecified atom stereocenters. The van der Waals surface area contributed by atoms with Crippen LogP contribution in [0, 0.1) is 5.92 Å². The van der Waals surface area contributed by atoms with E-state index in [1.807, 2.05) is 32.0 Å². The Morgan fingerprint density at radius 1 is 1.30 bits per heavy atom. The zero-order valence-corrected chi connectivity index (χ0v) is 16.5. The summed E-state index contributed by atoms with van der Waals surface area (Å²) in [4.78, 5) is 0.148. The van der Waals surface area contributed by atoms with Crippen molar-refractivity contribution < 1.29 is 18.3 Å². The number of benzene rings is 1. The maximum atomic E-state index is 13.2. The van der Waals surface area contributed by atoms with Crippen molar-refractivity contribution in [3.05, 3.63) is 48.3 Å². The fourth-order valence-electron chi connectivity index (χ4n) is 3.18. The lowest BCUT2D eigenvalue weighted by molar-refractivity contribution is 0.143. The third-order valence-electron chi connectivity index (χ3n) is 4.63. The van der Waals surface area contributed by atoms with Gasteiger partial charge in [-0.2, -0.15) is 9.40 Å². The van der Waals surface area contributed by atoms with Crippen molar-refractivity contribution >= 4 is 10.0 Å². The van der Waals surface area contributed by atoms with E-state index in [1.54, 1.807) is 23.0 Å². The molecule has 2 heterocycles. The molecule has 2 aromatic rings. The van der Waals surface area contributed by atoms with E-state index in [1.165, 1.54) is 10.5 Å². The van der Waals surface area contributed by atoms with Crippen molar-refractivity contribution in [2.45, 2.75) is 37.3 Å². The summed E-state index contributed by atoms with van der Waals surface area (Å²) in [5.74, 6) is 0.126. The first-order valence-electron chi connectivity index (χ1n) is 9.23. The van der Waals surface area contributed by atoms with Crippen LogP contribution in [-0.4, -0.2) is 53.9 Å². The first kappa shape index (κ1) is 20.0. The molecule has 1 saturated heterocycles. The summed E-state index contributed by atoms with van der Waals surface area (Å²) in [5, 5.41) is 14.8. The van der Waals surface area contributed by atoms with Crippen LogP contribution in [0.25, 0.3) is 0 Å². The monoisotopic (exact) mass is 393 g/mol. The van der Waals surface area contributed by atoms with E-state index in [9.17, 15) is 13.5 Å². The zero-order chi connectivity index (χ0) is 19.4. The molecule has 1 N–H and O–H groups in total. The molecular formula is C19H27N3O4S. The number of rotatable bonds is 8. The van der Waals surface area contributed by atoms with Gasteiger partial charge < -0.3 is 9.84 Å². The third-order valence-corrected chi connectivity index (χ3v) is 6.41. The number of ether oxygens (including phenoxy) is 1. The highest BCUT2D eigenvalue weighted by molar-refractivity contribution is 7.89. The molecule has 0 saturated carbocycles. The predicted molar refractivity (Wildman–Crippen MR) is 102 cm³/mol. The maximum Gasteiger partial charge on any atom is 0.246 e. The Bertz CT molecular complexity index is 830. The summed E-state index contributed by atoms with van der Waals surface area (Å²) in [6.45, 7) is 5.44. The molecule has 0 radical (unpaired) electrons. The summed E-state index contributed by atoms with van der Waals surface area (Å²) in [6.07, 6.45) is 2.88. The predicted octanol–water partition coefficient (Wildman–Crippen LogP) is 2.22. The summed E-state index contributed by atoms with van der Waals surface area (Å²) in [5.41, 5.74) is 0.695. The molecule has 0 amide bonds. The molecule has 1 aliphatic heterocycles. The van der Waals surface area contributed by atoms with Gasteiger partial charge in [-0.1, -0.05) is 44.2 Å². The van der Waals surface area contributed by atoms with Crippen LogP contribution < -0.4 is 0 Å². The van der Waals surface area contributed by atoms with Gasteiger partial charge in [0.2, 0.25) is 10.0 Å². The molecule has 1 aromatic heterocycles. The van der Waals surface area contributed by atoms with E-state index >= 15 is 0 Å². The van der Waals surface area contributed by atoms with Gasteiger partial charge in [0.25, 0.3) is 0 Å². The highest BCUT2D eigenvalue weighted by atomic mass is 32.2. The van der Waals surface area contributed by atoms with E-state index in [4.69, 9.17) is 4.74 Å². The number of aromatic nitrogens is 2. The zero-order valence-electron chi connectivity index (χ0n) is 15.7. The second-order valence-corrected chi connectivity index (χ2v) is 9.25. The summed E-state index contributed by atoms with van der Waals surface area (Å²) >= 11 is 0. The van der Waals surface area contributed by atoms with Gasteiger partial charge in [-0.3, -0.25) is 4.68 Å².